The Labute approximate surface area is 79.6 Å². The third-order valence-electron chi connectivity index (χ3n) is 1.53. The maximum atomic E-state index is 5.20. The van der Waals surface area contributed by atoms with E-state index in [1.54, 1.807) is 18.3 Å². The third kappa shape index (κ3) is 2.06. The van der Waals surface area contributed by atoms with Crippen molar-refractivity contribution >= 4 is 17.0 Å². The Hall–Kier alpha value is -1.36. The number of aryl methyl sites for hydroxylation is 1. The summed E-state index contributed by atoms with van der Waals surface area (Å²) in [5.74, 6) is 1.21. The molecule has 2 aromatic heterocycles. The molecule has 4 nitrogen and oxygen atoms in total. The molecule has 0 saturated carbocycles. The second-order valence-electron chi connectivity index (χ2n) is 2.58. The predicted octanol–water partition coefficient (Wildman–Crippen LogP) is 2.05. The van der Waals surface area contributed by atoms with Crippen molar-refractivity contribution in [3.8, 4) is 0 Å². The molecule has 0 unspecified atom stereocenters. The Morgan fingerprint density at radius 2 is 2.46 bits per heavy atom. The van der Waals surface area contributed by atoms with Crippen LogP contribution in [-0.4, -0.2) is 10.2 Å². The Morgan fingerprint density at radius 1 is 1.54 bits per heavy atom. The van der Waals surface area contributed by atoms with Crippen LogP contribution in [0.25, 0.3) is 0 Å². The van der Waals surface area contributed by atoms with Gasteiger partial charge >= 0.3 is 0 Å². The first kappa shape index (κ1) is 8.25. The molecule has 2 heterocycles. The number of nitrogens with zero attached hydrogens (tertiary/aromatic N) is 2. The predicted molar refractivity (Wildman–Crippen MR) is 50.7 cm³/mol. The van der Waals surface area contributed by atoms with Gasteiger partial charge in [-0.05, 0) is 11.4 Å². The lowest BCUT2D eigenvalue weighted by molar-refractivity contribution is 0.475. The minimum Gasteiger partial charge on any atom is -0.424 e. The number of aromatic nitrogens is 2. The lowest BCUT2D eigenvalue weighted by atomic mass is 10.5. The van der Waals surface area contributed by atoms with Gasteiger partial charge in [0.1, 0.15) is 0 Å². The standard InChI is InChI=1S/C8H9N3OS/c1-6-10-11-8(12-6)4-9-7-2-3-13-5-7/h2-3,5,9H,4H2,1H3. The van der Waals surface area contributed by atoms with Crippen LogP contribution >= 0.6 is 11.3 Å². The Balaban J connectivity index is 1.93. The fourth-order valence-electron chi connectivity index (χ4n) is 0.952. The molecule has 0 amide bonds. The lowest BCUT2D eigenvalue weighted by Crippen LogP contribution is -1.97. The van der Waals surface area contributed by atoms with Gasteiger partial charge in [0.25, 0.3) is 0 Å². The van der Waals surface area contributed by atoms with Crippen molar-refractivity contribution in [3.63, 3.8) is 0 Å². The van der Waals surface area contributed by atoms with Crippen molar-refractivity contribution in [2.24, 2.45) is 0 Å². The van der Waals surface area contributed by atoms with Gasteiger partial charge in [-0.15, -0.1) is 10.2 Å². The average molecular weight is 195 g/mol. The van der Waals surface area contributed by atoms with Gasteiger partial charge in [-0.2, -0.15) is 11.3 Å². The highest BCUT2D eigenvalue weighted by Gasteiger charge is 2.00. The maximum absolute atomic E-state index is 5.20. The number of thiophene rings is 1. The van der Waals surface area contributed by atoms with E-state index >= 15 is 0 Å². The summed E-state index contributed by atoms with van der Waals surface area (Å²) in [6.07, 6.45) is 0. The normalized spacial score (nSPS) is 10.2. The SMILES string of the molecule is Cc1nnc(CNc2ccsc2)o1. The average Bonchev–Trinajstić information content (AvgIpc) is 2.71. The molecule has 2 aromatic rings. The van der Waals surface area contributed by atoms with Crippen LogP contribution in [0, 0.1) is 6.92 Å². The molecule has 2 rings (SSSR count). The molecule has 0 saturated heterocycles. The topological polar surface area (TPSA) is 51.0 Å². The second kappa shape index (κ2) is 3.57. The molecular weight excluding hydrogens is 186 g/mol. The van der Waals surface area contributed by atoms with Crippen LogP contribution in [-0.2, 0) is 6.54 Å². The van der Waals surface area contributed by atoms with E-state index < -0.39 is 0 Å². The molecule has 0 aliphatic heterocycles. The summed E-state index contributed by atoms with van der Waals surface area (Å²) in [6.45, 7) is 2.36. The fourth-order valence-corrected chi connectivity index (χ4v) is 1.56. The van der Waals surface area contributed by atoms with E-state index in [2.05, 4.69) is 15.5 Å². The molecule has 0 bridgehead atoms. The molecule has 0 aliphatic carbocycles. The Kier molecular flexibility index (Phi) is 2.27. The lowest BCUT2D eigenvalue weighted by Gasteiger charge is -1.97. The summed E-state index contributed by atoms with van der Waals surface area (Å²) in [5.41, 5.74) is 1.08. The van der Waals surface area contributed by atoms with Gasteiger partial charge in [0.15, 0.2) is 0 Å². The van der Waals surface area contributed by atoms with Crippen molar-refractivity contribution in [3.05, 3.63) is 28.6 Å². The Morgan fingerprint density at radius 3 is 3.08 bits per heavy atom. The highest BCUT2D eigenvalue weighted by atomic mass is 32.1. The molecule has 0 fully saturated rings. The first-order valence-corrected chi connectivity index (χ1v) is 4.84. The Bertz CT molecular complexity index is 368. The molecule has 0 atom stereocenters. The quantitative estimate of drug-likeness (QED) is 0.814. The van der Waals surface area contributed by atoms with Crippen molar-refractivity contribution in [2.45, 2.75) is 13.5 Å². The zero-order chi connectivity index (χ0) is 9.10. The third-order valence-corrected chi connectivity index (χ3v) is 2.22. The largest absolute Gasteiger partial charge is 0.424 e. The van der Waals surface area contributed by atoms with Crippen molar-refractivity contribution in [1.82, 2.24) is 10.2 Å². The van der Waals surface area contributed by atoms with Crippen LogP contribution in [0.2, 0.25) is 0 Å². The molecular formula is C8H9N3OS. The van der Waals surface area contributed by atoms with Gasteiger partial charge in [-0.1, -0.05) is 0 Å². The van der Waals surface area contributed by atoms with Gasteiger partial charge in [0.05, 0.1) is 6.54 Å². The molecule has 1 N–H and O–H groups in total. The van der Waals surface area contributed by atoms with Gasteiger partial charge in [-0.3, -0.25) is 0 Å². The first-order valence-electron chi connectivity index (χ1n) is 3.89. The van der Waals surface area contributed by atoms with E-state index in [4.69, 9.17) is 4.42 Å². The highest BCUT2D eigenvalue weighted by molar-refractivity contribution is 7.08. The van der Waals surface area contributed by atoms with E-state index in [9.17, 15) is 0 Å². The minimum absolute atomic E-state index is 0.581. The smallest absolute Gasteiger partial charge is 0.235 e. The summed E-state index contributed by atoms with van der Waals surface area (Å²) in [5, 5.41) is 14.8. The summed E-state index contributed by atoms with van der Waals surface area (Å²) in [6, 6.07) is 2.01. The molecule has 0 spiro atoms. The van der Waals surface area contributed by atoms with Crippen molar-refractivity contribution in [2.75, 3.05) is 5.32 Å². The van der Waals surface area contributed by atoms with Crippen LogP contribution < -0.4 is 5.32 Å². The molecule has 5 heteroatoms. The molecule has 0 aliphatic rings. The number of anilines is 1. The van der Waals surface area contributed by atoms with E-state index in [1.165, 1.54) is 0 Å². The summed E-state index contributed by atoms with van der Waals surface area (Å²) >= 11 is 1.65. The molecule has 68 valence electrons. The summed E-state index contributed by atoms with van der Waals surface area (Å²) in [4.78, 5) is 0. The van der Waals surface area contributed by atoms with Gasteiger partial charge in [-0.25, -0.2) is 0 Å². The van der Waals surface area contributed by atoms with Gasteiger partial charge < -0.3 is 9.73 Å². The molecule has 0 radical (unpaired) electrons. The zero-order valence-electron chi connectivity index (χ0n) is 7.15. The van der Waals surface area contributed by atoms with E-state index in [1.807, 2.05) is 16.8 Å². The van der Waals surface area contributed by atoms with Crippen LogP contribution in [0.15, 0.2) is 21.2 Å². The van der Waals surface area contributed by atoms with Gasteiger partial charge in [0, 0.05) is 18.0 Å². The van der Waals surface area contributed by atoms with Crippen LogP contribution in [0.4, 0.5) is 5.69 Å². The monoisotopic (exact) mass is 195 g/mol. The van der Waals surface area contributed by atoms with E-state index in [0.29, 0.717) is 18.3 Å². The fraction of sp³-hybridized carbons (Fsp3) is 0.250. The van der Waals surface area contributed by atoms with Crippen LogP contribution in [0.3, 0.4) is 0 Å². The molecule has 13 heavy (non-hydrogen) atoms. The molecule has 0 aromatic carbocycles. The number of rotatable bonds is 3. The van der Waals surface area contributed by atoms with E-state index in [0.717, 1.165) is 5.69 Å². The highest BCUT2D eigenvalue weighted by Crippen LogP contribution is 2.12. The van der Waals surface area contributed by atoms with Gasteiger partial charge in [0.2, 0.25) is 11.8 Å². The van der Waals surface area contributed by atoms with E-state index in [-0.39, 0.29) is 0 Å². The van der Waals surface area contributed by atoms with Crippen LogP contribution in [0.1, 0.15) is 11.8 Å². The van der Waals surface area contributed by atoms with Crippen molar-refractivity contribution in [1.29, 1.82) is 0 Å². The second-order valence-corrected chi connectivity index (χ2v) is 3.36. The first-order chi connectivity index (χ1) is 6.34. The maximum Gasteiger partial charge on any atom is 0.235 e. The number of hydrogen-bond donors (Lipinski definition) is 1. The van der Waals surface area contributed by atoms with Crippen molar-refractivity contribution < 1.29 is 4.42 Å². The minimum atomic E-state index is 0.581. The van der Waals surface area contributed by atoms with Crippen LogP contribution in [0.5, 0.6) is 0 Å². The summed E-state index contributed by atoms with van der Waals surface area (Å²) < 4.78 is 5.20. The number of nitrogens with one attached hydrogen (secondary N) is 1. The zero-order valence-corrected chi connectivity index (χ0v) is 7.97. The number of hydrogen-bond acceptors (Lipinski definition) is 5. The summed E-state index contributed by atoms with van der Waals surface area (Å²) in [7, 11) is 0.